The van der Waals surface area contributed by atoms with Crippen LogP contribution in [0.5, 0.6) is 0 Å². The van der Waals surface area contributed by atoms with E-state index in [1.54, 1.807) is 43.3 Å². The lowest BCUT2D eigenvalue weighted by Gasteiger charge is -2.17. The summed E-state index contributed by atoms with van der Waals surface area (Å²) in [7, 11) is 0. The van der Waals surface area contributed by atoms with Gasteiger partial charge in [0.25, 0.3) is 0 Å². The molecule has 0 saturated heterocycles. The van der Waals surface area contributed by atoms with Gasteiger partial charge in [-0.2, -0.15) is 0 Å². The van der Waals surface area contributed by atoms with E-state index in [0.717, 1.165) is 0 Å². The molecule has 0 spiro atoms. The Labute approximate surface area is 121 Å². The molecule has 5 heteroatoms. The molecule has 0 aliphatic carbocycles. The Morgan fingerprint density at radius 2 is 1.90 bits per heavy atom. The summed E-state index contributed by atoms with van der Waals surface area (Å²) in [6, 6.07) is 10.6. The molecule has 2 aromatic carbocycles. The molecule has 0 aliphatic heterocycles. The van der Waals surface area contributed by atoms with Crippen LogP contribution in [0, 0.1) is 12.7 Å². The van der Waals surface area contributed by atoms with E-state index in [-0.39, 0.29) is 5.82 Å². The SMILES string of the molecule is Cc1ccc(C(Nc2ccc(Cl)cc2)C(N)=O)cc1F. The summed E-state index contributed by atoms with van der Waals surface area (Å²) in [6.45, 7) is 1.66. The van der Waals surface area contributed by atoms with Crippen LogP contribution in [-0.4, -0.2) is 5.91 Å². The molecular weight excluding hydrogens is 279 g/mol. The van der Waals surface area contributed by atoms with Crippen LogP contribution in [0.15, 0.2) is 42.5 Å². The highest BCUT2D eigenvalue weighted by Gasteiger charge is 2.18. The number of rotatable bonds is 4. The molecule has 0 aliphatic rings. The number of nitrogens with two attached hydrogens (primary N) is 1. The van der Waals surface area contributed by atoms with Gasteiger partial charge in [-0.15, -0.1) is 0 Å². The number of hydrogen-bond acceptors (Lipinski definition) is 2. The van der Waals surface area contributed by atoms with Crippen molar-refractivity contribution in [2.24, 2.45) is 5.73 Å². The fourth-order valence-corrected chi connectivity index (χ4v) is 1.95. The Kier molecular flexibility index (Phi) is 4.25. The van der Waals surface area contributed by atoms with Crippen LogP contribution in [0.1, 0.15) is 17.2 Å². The summed E-state index contributed by atoms with van der Waals surface area (Å²) in [5.41, 5.74) is 7.06. The third-order valence-corrected chi connectivity index (χ3v) is 3.22. The van der Waals surface area contributed by atoms with Crippen LogP contribution in [-0.2, 0) is 4.79 Å². The minimum Gasteiger partial charge on any atom is -0.370 e. The van der Waals surface area contributed by atoms with E-state index in [1.807, 2.05) is 0 Å². The van der Waals surface area contributed by atoms with E-state index >= 15 is 0 Å². The smallest absolute Gasteiger partial charge is 0.244 e. The van der Waals surface area contributed by atoms with E-state index < -0.39 is 11.9 Å². The van der Waals surface area contributed by atoms with E-state index in [9.17, 15) is 9.18 Å². The first-order valence-electron chi connectivity index (χ1n) is 6.05. The molecule has 1 atom stereocenters. The molecular formula is C15H14ClFN2O. The molecule has 0 radical (unpaired) electrons. The summed E-state index contributed by atoms with van der Waals surface area (Å²) < 4.78 is 13.6. The van der Waals surface area contributed by atoms with Gasteiger partial charge < -0.3 is 11.1 Å². The fourth-order valence-electron chi connectivity index (χ4n) is 1.82. The minimum absolute atomic E-state index is 0.369. The second-order valence-corrected chi connectivity index (χ2v) is 4.93. The average Bonchev–Trinajstić information content (AvgIpc) is 2.41. The molecule has 104 valence electrons. The van der Waals surface area contributed by atoms with Gasteiger partial charge in [0.15, 0.2) is 0 Å². The molecule has 0 fully saturated rings. The van der Waals surface area contributed by atoms with Gasteiger partial charge in [0, 0.05) is 10.7 Å². The quantitative estimate of drug-likeness (QED) is 0.907. The highest BCUT2D eigenvalue weighted by Crippen LogP contribution is 2.22. The summed E-state index contributed by atoms with van der Waals surface area (Å²) in [4.78, 5) is 11.6. The van der Waals surface area contributed by atoms with Crippen molar-refractivity contribution in [1.29, 1.82) is 0 Å². The minimum atomic E-state index is -0.800. The zero-order chi connectivity index (χ0) is 14.7. The van der Waals surface area contributed by atoms with Crippen molar-refractivity contribution in [3.05, 3.63) is 64.4 Å². The van der Waals surface area contributed by atoms with E-state index in [1.165, 1.54) is 6.07 Å². The molecule has 1 unspecified atom stereocenters. The summed E-state index contributed by atoms with van der Waals surface area (Å²) in [5.74, 6) is -0.949. The number of amides is 1. The van der Waals surface area contributed by atoms with Crippen molar-refractivity contribution in [2.45, 2.75) is 13.0 Å². The maximum atomic E-state index is 13.6. The molecule has 2 rings (SSSR count). The molecule has 3 N–H and O–H groups in total. The Balaban J connectivity index is 2.29. The van der Waals surface area contributed by atoms with Crippen molar-refractivity contribution in [1.82, 2.24) is 0 Å². The number of anilines is 1. The number of carbonyl (C=O) groups is 1. The average molecular weight is 293 g/mol. The van der Waals surface area contributed by atoms with Crippen molar-refractivity contribution in [2.75, 3.05) is 5.32 Å². The predicted molar refractivity (Wildman–Crippen MR) is 78.1 cm³/mol. The van der Waals surface area contributed by atoms with Crippen molar-refractivity contribution >= 4 is 23.2 Å². The number of halogens is 2. The maximum absolute atomic E-state index is 13.6. The molecule has 0 bridgehead atoms. The third kappa shape index (κ3) is 3.27. The maximum Gasteiger partial charge on any atom is 0.244 e. The van der Waals surface area contributed by atoms with Crippen LogP contribution in [0.4, 0.5) is 10.1 Å². The number of carbonyl (C=O) groups excluding carboxylic acids is 1. The topological polar surface area (TPSA) is 55.1 Å². The molecule has 0 heterocycles. The van der Waals surface area contributed by atoms with Gasteiger partial charge >= 0.3 is 0 Å². The molecule has 0 saturated carbocycles. The van der Waals surface area contributed by atoms with Gasteiger partial charge in [0.2, 0.25) is 5.91 Å². The standard InChI is InChI=1S/C15H14ClFN2O/c1-9-2-3-10(8-13(9)17)14(15(18)20)19-12-6-4-11(16)5-7-12/h2-8,14,19H,1H3,(H2,18,20). The lowest BCUT2D eigenvalue weighted by Crippen LogP contribution is -2.27. The fraction of sp³-hybridized carbons (Fsp3) is 0.133. The van der Waals surface area contributed by atoms with Gasteiger partial charge in [-0.1, -0.05) is 23.7 Å². The lowest BCUT2D eigenvalue weighted by molar-refractivity contribution is -0.118. The van der Waals surface area contributed by atoms with E-state index in [4.69, 9.17) is 17.3 Å². The molecule has 1 amide bonds. The lowest BCUT2D eigenvalue weighted by atomic mass is 10.0. The van der Waals surface area contributed by atoms with Gasteiger partial charge in [-0.25, -0.2) is 4.39 Å². The largest absolute Gasteiger partial charge is 0.370 e. The number of benzene rings is 2. The third-order valence-electron chi connectivity index (χ3n) is 2.97. The Bertz CT molecular complexity index is 628. The number of nitrogens with one attached hydrogen (secondary N) is 1. The zero-order valence-electron chi connectivity index (χ0n) is 10.9. The molecule has 0 aromatic heterocycles. The number of aryl methyl sites for hydroxylation is 1. The van der Waals surface area contributed by atoms with Crippen LogP contribution < -0.4 is 11.1 Å². The zero-order valence-corrected chi connectivity index (χ0v) is 11.6. The van der Waals surface area contributed by atoms with Crippen molar-refractivity contribution in [3.63, 3.8) is 0 Å². The second kappa shape index (κ2) is 5.92. The summed E-state index contributed by atoms with van der Waals surface area (Å²) >= 11 is 5.80. The first kappa shape index (κ1) is 14.3. The number of hydrogen-bond donors (Lipinski definition) is 2. The monoisotopic (exact) mass is 292 g/mol. The van der Waals surface area contributed by atoms with Gasteiger partial charge in [0.1, 0.15) is 11.9 Å². The van der Waals surface area contributed by atoms with Crippen LogP contribution >= 0.6 is 11.6 Å². The van der Waals surface area contributed by atoms with Gasteiger partial charge in [-0.3, -0.25) is 4.79 Å². The highest BCUT2D eigenvalue weighted by molar-refractivity contribution is 6.30. The second-order valence-electron chi connectivity index (χ2n) is 4.50. The van der Waals surface area contributed by atoms with Crippen LogP contribution in [0.2, 0.25) is 5.02 Å². The van der Waals surface area contributed by atoms with E-state index in [0.29, 0.717) is 21.8 Å². The first-order chi connectivity index (χ1) is 9.47. The van der Waals surface area contributed by atoms with Crippen LogP contribution in [0.3, 0.4) is 0 Å². The highest BCUT2D eigenvalue weighted by atomic mass is 35.5. The Morgan fingerprint density at radius 3 is 2.45 bits per heavy atom. The first-order valence-corrected chi connectivity index (χ1v) is 6.42. The molecule has 3 nitrogen and oxygen atoms in total. The molecule has 2 aromatic rings. The predicted octanol–water partition coefficient (Wildman–Crippen LogP) is 3.43. The van der Waals surface area contributed by atoms with Crippen molar-refractivity contribution < 1.29 is 9.18 Å². The van der Waals surface area contributed by atoms with Gasteiger partial charge in [-0.05, 0) is 48.4 Å². The Hall–Kier alpha value is -2.07. The summed E-state index contributed by atoms with van der Waals surface area (Å²) in [6.07, 6.45) is 0. The van der Waals surface area contributed by atoms with Crippen molar-refractivity contribution in [3.8, 4) is 0 Å². The van der Waals surface area contributed by atoms with Gasteiger partial charge in [0.05, 0.1) is 0 Å². The van der Waals surface area contributed by atoms with Crippen LogP contribution in [0.25, 0.3) is 0 Å². The summed E-state index contributed by atoms with van der Waals surface area (Å²) in [5, 5.41) is 3.56. The van der Waals surface area contributed by atoms with E-state index in [2.05, 4.69) is 5.32 Å². The molecule has 20 heavy (non-hydrogen) atoms. The Morgan fingerprint density at radius 1 is 1.25 bits per heavy atom. The normalized spacial score (nSPS) is 11.9. The number of primary amides is 1.